The molecule has 1 saturated heterocycles. The topological polar surface area (TPSA) is 44.4 Å². The van der Waals surface area contributed by atoms with E-state index in [9.17, 15) is 4.79 Å². The van der Waals surface area contributed by atoms with Crippen molar-refractivity contribution >= 4 is 17.5 Å². The molecule has 1 aromatic carbocycles. The van der Waals surface area contributed by atoms with Gasteiger partial charge in [0, 0.05) is 50.2 Å². The summed E-state index contributed by atoms with van der Waals surface area (Å²) in [5, 5.41) is 6.97. The van der Waals surface area contributed by atoms with Crippen LogP contribution in [0.15, 0.2) is 24.3 Å². The van der Waals surface area contributed by atoms with E-state index >= 15 is 0 Å². The van der Waals surface area contributed by atoms with Crippen molar-refractivity contribution < 1.29 is 4.79 Å². The number of hydrogen-bond acceptors (Lipinski definition) is 3. The highest BCUT2D eigenvalue weighted by atomic mass is 35.5. The van der Waals surface area contributed by atoms with Crippen molar-refractivity contribution in [1.82, 2.24) is 15.5 Å². The lowest BCUT2D eigenvalue weighted by Gasteiger charge is -2.33. The van der Waals surface area contributed by atoms with Gasteiger partial charge in [0.25, 0.3) is 0 Å². The number of halogens is 1. The summed E-state index contributed by atoms with van der Waals surface area (Å²) in [5.74, 6) is 0.0793. The van der Waals surface area contributed by atoms with E-state index in [1.54, 1.807) is 0 Å². The summed E-state index contributed by atoms with van der Waals surface area (Å²) in [6.07, 6.45) is 0.537. The van der Waals surface area contributed by atoms with E-state index in [2.05, 4.69) is 22.5 Å². The smallest absolute Gasteiger partial charge is 0.221 e. The molecule has 0 unspecified atom stereocenters. The predicted octanol–water partition coefficient (Wildman–Crippen LogP) is 1.64. The number of hydrogen-bond donors (Lipinski definition) is 2. The summed E-state index contributed by atoms with van der Waals surface area (Å²) >= 11 is 6.06. The van der Waals surface area contributed by atoms with Crippen LogP contribution in [0.3, 0.4) is 0 Å². The Morgan fingerprint density at radius 2 is 2.30 bits per heavy atom. The van der Waals surface area contributed by atoms with Crippen LogP contribution >= 0.6 is 11.6 Å². The second kappa shape index (κ2) is 7.62. The van der Waals surface area contributed by atoms with Gasteiger partial charge in [0.05, 0.1) is 0 Å². The first-order valence-electron chi connectivity index (χ1n) is 7.11. The Hall–Kier alpha value is -1.10. The van der Waals surface area contributed by atoms with Crippen molar-refractivity contribution in [2.45, 2.75) is 25.9 Å². The van der Waals surface area contributed by atoms with Gasteiger partial charge >= 0.3 is 0 Å². The molecular weight excluding hydrogens is 274 g/mol. The lowest BCUT2D eigenvalue weighted by atomic mass is 10.2. The molecule has 1 amide bonds. The van der Waals surface area contributed by atoms with Crippen molar-refractivity contribution in [3.8, 4) is 0 Å². The molecule has 0 bridgehead atoms. The van der Waals surface area contributed by atoms with Gasteiger partial charge < -0.3 is 10.6 Å². The average Bonchev–Trinajstić information content (AvgIpc) is 2.45. The normalized spacial score (nSPS) is 19.8. The first kappa shape index (κ1) is 15.3. The molecule has 5 heteroatoms. The standard InChI is InChI=1S/C15H22ClN3O/c1-12-10-17-7-9-19(12)8-6-15(20)18-11-13-4-2-3-5-14(13)16/h2-5,12,17H,6-11H2,1H3,(H,18,20)/t12-/m1/s1. The first-order valence-corrected chi connectivity index (χ1v) is 7.49. The lowest BCUT2D eigenvalue weighted by molar-refractivity contribution is -0.121. The van der Waals surface area contributed by atoms with E-state index in [1.807, 2.05) is 24.3 Å². The maximum absolute atomic E-state index is 11.9. The number of carbonyl (C=O) groups excluding carboxylic acids is 1. The third-order valence-corrected chi connectivity index (χ3v) is 4.07. The van der Waals surface area contributed by atoms with Crippen LogP contribution in [0.2, 0.25) is 5.02 Å². The molecule has 0 spiro atoms. The molecule has 1 aromatic rings. The summed E-state index contributed by atoms with van der Waals surface area (Å²) in [6.45, 7) is 6.52. The van der Waals surface area contributed by atoms with E-state index in [0.717, 1.165) is 31.7 Å². The monoisotopic (exact) mass is 295 g/mol. The van der Waals surface area contributed by atoms with Gasteiger partial charge in [-0.2, -0.15) is 0 Å². The Bertz CT molecular complexity index is 452. The minimum absolute atomic E-state index is 0.0793. The second-order valence-corrected chi connectivity index (χ2v) is 5.61. The molecule has 110 valence electrons. The molecule has 1 fully saturated rings. The van der Waals surface area contributed by atoms with E-state index in [-0.39, 0.29) is 5.91 Å². The molecule has 1 aliphatic heterocycles. The van der Waals surface area contributed by atoms with Crippen molar-refractivity contribution in [2.24, 2.45) is 0 Å². The van der Waals surface area contributed by atoms with Gasteiger partial charge in [-0.25, -0.2) is 0 Å². The molecule has 0 aromatic heterocycles. The molecule has 0 radical (unpaired) electrons. The number of benzene rings is 1. The van der Waals surface area contributed by atoms with Crippen molar-refractivity contribution in [2.75, 3.05) is 26.2 Å². The number of rotatable bonds is 5. The summed E-state index contributed by atoms with van der Waals surface area (Å²) < 4.78 is 0. The summed E-state index contributed by atoms with van der Waals surface area (Å²) in [7, 11) is 0. The Labute approximate surface area is 125 Å². The number of piperazine rings is 1. The van der Waals surface area contributed by atoms with Crippen molar-refractivity contribution in [1.29, 1.82) is 0 Å². The van der Waals surface area contributed by atoms with Gasteiger partial charge in [0.1, 0.15) is 0 Å². The number of amides is 1. The molecule has 2 N–H and O–H groups in total. The summed E-state index contributed by atoms with van der Waals surface area (Å²) in [4.78, 5) is 14.2. The SMILES string of the molecule is C[C@@H]1CNCCN1CCC(=O)NCc1ccccc1Cl. The van der Waals surface area contributed by atoms with Crippen LogP contribution in [0.25, 0.3) is 0 Å². The van der Waals surface area contributed by atoms with E-state index in [0.29, 0.717) is 24.0 Å². The molecule has 4 nitrogen and oxygen atoms in total. The molecule has 0 saturated carbocycles. The molecule has 20 heavy (non-hydrogen) atoms. The molecule has 1 atom stereocenters. The molecule has 1 heterocycles. The van der Waals surface area contributed by atoms with Crippen LogP contribution in [0.5, 0.6) is 0 Å². The van der Waals surface area contributed by atoms with Gasteiger partial charge in [-0.1, -0.05) is 29.8 Å². The largest absolute Gasteiger partial charge is 0.352 e. The van der Waals surface area contributed by atoms with Gasteiger partial charge in [-0.05, 0) is 18.6 Å². The zero-order valence-corrected chi connectivity index (χ0v) is 12.6. The van der Waals surface area contributed by atoms with Crippen LogP contribution < -0.4 is 10.6 Å². The highest BCUT2D eigenvalue weighted by molar-refractivity contribution is 6.31. The maximum atomic E-state index is 11.9. The molecule has 0 aliphatic carbocycles. The van der Waals surface area contributed by atoms with Gasteiger partial charge in [0.15, 0.2) is 0 Å². The quantitative estimate of drug-likeness (QED) is 0.868. The van der Waals surface area contributed by atoms with E-state index in [1.165, 1.54) is 0 Å². The molecule has 1 aliphatic rings. The third-order valence-electron chi connectivity index (χ3n) is 3.70. The number of nitrogens with zero attached hydrogens (tertiary/aromatic N) is 1. The maximum Gasteiger partial charge on any atom is 0.221 e. The fourth-order valence-corrected chi connectivity index (χ4v) is 2.59. The predicted molar refractivity (Wildman–Crippen MR) is 81.8 cm³/mol. The fraction of sp³-hybridized carbons (Fsp3) is 0.533. The molecular formula is C15H22ClN3O. The van der Waals surface area contributed by atoms with Gasteiger partial charge in [-0.3, -0.25) is 9.69 Å². The van der Waals surface area contributed by atoms with E-state index in [4.69, 9.17) is 11.6 Å². The highest BCUT2D eigenvalue weighted by Crippen LogP contribution is 2.14. The van der Waals surface area contributed by atoms with Crippen LogP contribution in [0, 0.1) is 0 Å². The van der Waals surface area contributed by atoms with Crippen LogP contribution in [-0.4, -0.2) is 43.0 Å². The zero-order chi connectivity index (χ0) is 14.4. The van der Waals surface area contributed by atoms with Gasteiger partial charge in [-0.15, -0.1) is 0 Å². The number of carbonyl (C=O) groups is 1. The first-order chi connectivity index (χ1) is 9.66. The second-order valence-electron chi connectivity index (χ2n) is 5.21. The van der Waals surface area contributed by atoms with Crippen LogP contribution in [0.4, 0.5) is 0 Å². The number of nitrogens with one attached hydrogen (secondary N) is 2. The van der Waals surface area contributed by atoms with Crippen molar-refractivity contribution in [3.63, 3.8) is 0 Å². The fourth-order valence-electron chi connectivity index (χ4n) is 2.38. The minimum atomic E-state index is 0.0793. The van der Waals surface area contributed by atoms with E-state index < -0.39 is 0 Å². The Balaban J connectivity index is 1.71. The van der Waals surface area contributed by atoms with Crippen LogP contribution in [-0.2, 0) is 11.3 Å². The van der Waals surface area contributed by atoms with Crippen molar-refractivity contribution in [3.05, 3.63) is 34.9 Å². The highest BCUT2D eigenvalue weighted by Gasteiger charge is 2.18. The third kappa shape index (κ3) is 4.47. The zero-order valence-electron chi connectivity index (χ0n) is 11.9. The Kier molecular flexibility index (Phi) is 5.83. The minimum Gasteiger partial charge on any atom is -0.352 e. The lowest BCUT2D eigenvalue weighted by Crippen LogP contribution is -2.50. The van der Waals surface area contributed by atoms with Gasteiger partial charge in [0.2, 0.25) is 5.91 Å². The Morgan fingerprint density at radius 3 is 3.05 bits per heavy atom. The average molecular weight is 296 g/mol. The summed E-state index contributed by atoms with van der Waals surface area (Å²) in [5.41, 5.74) is 0.957. The summed E-state index contributed by atoms with van der Waals surface area (Å²) in [6, 6.07) is 8.09. The Morgan fingerprint density at radius 1 is 1.50 bits per heavy atom. The molecule has 2 rings (SSSR count). The van der Waals surface area contributed by atoms with Crippen LogP contribution in [0.1, 0.15) is 18.9 Å².